The average Bonchev–Trinajstić information content (AvgIpc) is 3.29. The highest BCUT2D eigenvalue weighted by Gasteiger charge is 2.26. The fourth-order valence-electron chi connectivity index (χ4n) is 4.28. The third-order valence-electron chi connectivity index (χ3n) is 5.99. The molecule has 156 valence electrons. The van der Waals surface area contributed by atoms with Gasteiger partial charge < -0.3 is 10.1 Å². The van der Waals surface area contributed by atoms with Gasteiger partial charge in [-0.25, -0.2) is 0 Å². The Morgan fingerprint density at radius 3 is 2.53 bits per heavy atom. The first kappa shape index (κ1) is 20.3. The molecule has 2 N–H and O–H groups in total. The van der Waals surface area contributed by atoms with E-state index in [4.69, 9.17) is 4.74 Å². The number of benzene rings is 1. The summed E-state index contributed by atoms with van der Waals surface area (Å²) in [6.45, 7) is 1.29. The Balaban J connectivity index is 1.28. The van der Waals surface area contributed by atoms with Gasteiger partial charge in [-0.3, -0.25) is 14.9 Å². The van der Waals surface area contributed by atoms with Crippen LogP contribution in [0.5, 0.6) is 0 Å². The second-order valence-corrected chi connectivity index (χ2v) is 7.99. The molecule has 0 atom stereocenters. The van der Waals surface area contributed by atoms with Gasteiger partial charge in [0.15, 0.2) is 0 Å². The third-order valence-corrected chi connectivity index (χ3v) is 5.99. The predicted octanol–water partition coefficient (Wildman–Crippen LogP) is 4.32. The molecule has 0 bridgehead atoms. The van der Waals surface area contributed by atoms with Crippen LogP contribution >= 0.6 is 0 Å². The molecule has 1 aliphatic rings. The van der Waals surface area contributed by atoms with Crippen LogP contribution in [0.1, 0.15) is 53.2 Å². The van der Waals surface area contributed by atoms with Crippen molar-refractivity contribution in [2.75, 3.05) is 13.7 Å². The summed E-state index contributed by atoms with van der Waals surface area (Å²) in [6, 6.07) is 11.6. The number of hydrogen-bond acceptors (Lipinski definition) is 4. The van der Waals surface area contributed by atoms with Crippen molar-refractivity contribution >= 4 is 5.91 Å². The number of nitrogens with zero attached hydrogens (tertiary/aromatic N) is 2. The number of aromatic nitrogens is 3. The zero-order valence-corrected chi connectivity index (χ0v) is 17.3. The number of carbonyl (C=O) groups excluding carboxylic acids is 1. The van der Waals surface area contributed by atoms with Crippen molar-refractivity contribution in [3.05, 3.63) is 71.8 Å². The van der Waals surface area contributed by atoms with Gasteiger partial charge in [0.05, 0.1) is 12.8 Å². The molecule has 0 saturated heterocycles. The Kier molecular flexibility index (Phi) is 6.54. The van der Waals surface area contributed by atoms with Crippen molar-refractivity contribution < 1.29 is 9.53 Å². The lowest BCUT2D eigenvalue weighted by Gasteiger charge is -2.28. The van der Waals surface area contributed by atoms with E-state index in [1.807, 2.05) is 55.0 Å². The van der Waals surface area contributed by atoms with Crippen LogP contribution in [0.25, 0.3) is 11.1 Å². The largest absolute Gasteiger partial charge is 0.380 e. The maximum atomic E-state index is 12.4. The summed E-state index contributed by atoms with van der Waals surface area (Å²) in [5.74, 6) is 0.996. The number of hydrogen-bond donors (Lipinski definition) is 2. The van der Waals surface area contributed by atoms with Crippen molar-refractivity contribution in [1.82, 2.24) is 20.5 Å². The summed E-state index contributed by atoms with van der Waals surface area (Å²) in [5.41, 5.74) is 5.31. The molecule has 6 nitrogen and oxygen atoms in total. The number of nitrogens with one attached hydrogen (secondary N) is 2. The minimum atomic E-state index is -0.00497. The lowest BCUT2D eigenvalue weighted by molar-refractivity contribution is 0.0942. The number of amides is 1. The van der Waals surface area contributed by atoms with Crippen LogP contribution in [0.15, 0.2) is 55.0 Å². The molecule has 0 spiro atoms. The molecule has 0 radical (unpaired) electrons. The van der Waals surface area contributed by atoms with Crippen molar-refractivity contribution in [1.29, 1.82) is 0 Å². The summed E-state index contributed by atoms with van der Waals surface area (Å²) in [4.78, 5) is 16.6. The summed E-state index contributed by atoms with van der Waals surface area (Å²) in [6.07, 6.45) is 9.96. The number of H-pyrrole nitrogens is 1. The summed E-state index contributed by atoms with van der Waals surface area (Å²) < 4.78 is 5.11. The molecule has 1 aliphatic carbocycles. The van der Waals surface area contributed by atoms with Gasteiger partial charge in [-0.05, 0) is 67.0 Å². The van der Waals surface area contributed by atoms with Gasteiger partial charge in [0.1, 0.15) is 0 Å². The average molecular weight is 405 g/mol. The van der Waals surface area contributed by atoms with Crippen molar-refractivity contribution in [3.8, 4) is 11.1 Å². The standard InChI is InChI=1S/C24H28N4O2/c1-30-16-18-4-8-21(9-5-18)24(29)26-14-17-2-6-20(7-3-17)23-22(15-27-28-23)19-10-12-25-13-11-19/h4-5,8-13,15,17,20H,2-3,6-7,14,16H2,1H3,(H,26,29)(H,27,28). The van der Waals surface area contributed by atoms with E-state index in [0.29, 0.717) is 24.0 Å². The number of aromatic amines is 1. The van der Waals surface area contributed by atoms with Crippen LogP contribution < -0.4 is 5.32 Å². The molecule has 1 amide bonds. The highest BCUT2D eigenvalue weighted by molar-refractivity contribution is 5.94. The van der Waals surface area contributed by atoms with Gasteiger partial charge in [-0.15, -0.1) is 0 Å². The van der Waals surface area contributed by atoms with Gasteiger partial charge in [-0.2, -0.15) is 5.10 Å². The Labute approximate surface area is 177 Å². The van der Waals surface area contributed by atoms with E-state index >= 15 is 0 Å². The van der Waals surface area contributed by atoms with Crippen molar-refractivity contribution in [2.24, 2.45) is 5.92 Å². The lowest BCUT2D eigenvalue weighted by atomic mass is 9.79. The van der Waals surface area contributed by atoms with E-state index in [1.54, 1.807) is 7.11 Å². The summed E-state index contributed by atoms with van der Waals surface area (Å²) in [5, 5.41) is 10.6. The lowest BCUT2D eigenvalue weighted by Crippen LogP contribution is -2.31. The fraction of sp³-hybridized carbons (Fsp3) is 0.375. The molecule has 2 heterocycles. The third kappa shape index (κ3) is 4.76. The normalized spacial score (nSPS) is 18.8. The zero-order chi connectivity index (χ0) is 20.8. The van der Waals surface area contributed by atoms with E-state index in [2.05, 4.69) is 20.5 Å². The van der Waals surface area contributed by atoms with Crippen molar-refractivity contribution in [3.63, 3.8) is 0 Å². The maximum Gasteiger partial charge on any atom is 0.251 e. The smallest absolute Gasteiger partial charge is 0.251 e. The Morgan fingerprint density at radius 2 is 1.83 bits per heavy atom. The van der Waals surface area contributed by atoms with Gasteiger partial charge >= 0.3 is 0 Å². The van der Waals surface area contributed by atoms with E-state index in [0.717, 1.165) is 43.4 Å². The predicted molar refractivity (Wildman–Crippen MR) is 116 cm³/mol. The molecule has 0 unspecified atom stereocenters. The number of pyridine rings is 1. The van der Waals surface area contributed by atoms with Crippen LogP contribution in [0.2, 0.25) is 0 Å². The van der Waals surface area contributed by atoms with Gasteiger partial charge in [0.25, 0.3) is 5.91 Å². The molecule has 4 rings (SSSR count). The van der Waals surface area contributed by atoms with Gasteiger partial charge in [-0.1, -0.05) is 12.1 Å². The maximum absolute atomic E-state index is 12.4. The zero-order valence-electron chi connectivity index (χ0n) is 17.3. The second kappa shape index (κ2) is 9.67. The second-order valence-electron chi connectivity index (χ2n) is 7.99. The fourth-order valence-corrected chi connectivity index (χ4v) is 4.28. The van der Waals surface area contributed by atoms with Gasteiger partial charge in [0, 0.05) is 48.8 Å². The first-order chi connectivity index (χ1) is 14.7. The number of ether oxygens (including phenoxy) is 1. The molecule has 1 fully saturated rings. The first-order valence-corrected chi connectivity index (χ1v) is 10.5. The Morgan fingerprint density at radius 1 is 1.10 bits per heavy atom. The summed E-state index contributed by atoms with van der Waals surface area (Å²) in [7, 11) is 1.67. The van der Waals surface area contributed by atoms with Gasteiger partial charge in [0.2, 0.25) is 0 Å². The van der Waals surface area contributed by atoms with E-state index in [9.17, 15) is 4.79 Å². The van der Waals surface area contributed by atoms with Crippen LogP contribution in [-0.2, 0) is 11.3 Å². The molecule has 1 saturated carbocycles. The molecule has 0 aliphatic heterocycles. The quantitative estimate of drug-likeness (QED) is 0.615. The highest BCUT2D eigenvalue weighted by Crippen LogP contribution is 2.38. The monoisotopic (exact) mass is 404 g/mol. The Hall–Kier alpha value is -2.99. The minimum absolute atomic E-state index is 0.00497. The molecule has 6 heteroatoms. The molecular weight excluding hydrogens is 376 g/mol. The first-order valence-electron chi connectivity index (χ1n) is 10.5. The van der Waals surface area contributed by atoms with Crippen LogP contribution in [0.4, 0.5) is 0 Å². The SMILES string of the molecule is COCc1ccc(C(=O)NCC2CCC(c3[nH]ncc3-c3ccncc3)CC2)cc1. The van der Waals surface area contributed by atoms with E-state index in [1.165, 1.54) is 11.3 Å². The molecular formula is C24H28N4O2. The topological polar surface area (TPSA) is 79.9 Å². The van der Waals surface area contributed by atoms with Crippen LogP contribution in [0, 0.1) is 5.92 Å². The summed E-state index contributed by atoms with van der Waals surface area (Å²) >= 11 is 0. The Bertz CT molecular complexity index is 945. The van der Waals surface area contributed by atoms with E-state index < -0.39 is 0 Å². The van der Waals surface area contributed by atoms with Crippen molar-refractivity contribution in [2.45, 2.75) is 38.2 Å². The molecule has 1 aromatic carbocycles. The molecule has 2 aromatic heterocycles. The van der Waals surface area contributed by atoms with E-state index in [-0.39, 0.29) is 5.91 Å². The number of methoxy groups -OCH3 is 1. The van der Waals surface area contributed by atoms with Crippen LogP contribution in [-0.4, -0.2) is 34.7 Å². The minimum Gasteiger partial charge on any atom is -0.380 e. The van der Waals surface area contributed by atoms with Crippen LogP contribution in [0.3, 0.4) is 0 Å². The molecule has 30 heavy (non-hydrogen) atoms. The number of carbonyl (C=O) groups is 1. The molecule has 3 aromatic rings. The number of rotatable bonds is 7. The highest BCUT2D eigenvalue weighted by atomic mass is 16.5.